The Balaban J connectivity index is 2.10. The number of para-hydroxylation sites is 1. The summed E-state index contributed by atoms with van der Waals surface area (Å²) in [5.41, 5.74) is 1.25. The van der Waals surface area contributed by atoms with Gasteiger partial charge < -0.3 is 14.8 Å². The molecule has 1 aliphatic rings. The maximum absolute atomic E-state index is 5.79. The fraction of sp³-hybridized carbons (Fsp3) is 0.647. The molecule has 2 unspecified atom stereocenters. The molecule has 4 heteroatoms. The van der Waals surface area contributed by atoms with Crippen molar-refractivity contribution >= 4 is 0 Å². The molecule has 1 aromatic rings. The van der Waals surface area contributed by atoms with Crippen molar-refractivity contribution in [2.45, 2.75) is 32.9 Å². The molecule has 2 rings (SSSR count). The van der Waals surface area contributed by atoms with Crippen molar-refractivity contribution in [1.82, 2.24) is 10.2 Å². The van der Waals surface area contributed by atoms with E-state index in [0.717, 1.165) is 38.5 Å². The molecule has 2 atom stereocenters. The van der Waals surface area contributed by atoms with E-state index in [2.05, 4.69) is 42.3 Å². The van der Waals surface area contributed by atoms with Crippen LogP contribution in [-0.2, 0) is 4.74 Å². The molecule has 118 valence electrons. The largest absolute Gasteiger partial charge is 0.494 e. The van der Waals surface area contributed by atoms with Gasteiger partial charge in [0.25, 0.3) is 0 Å². The standard InChI is InChI=1S/C17H28N2O2/c1-4-18-16(13-19-10-11-21-14(3)12-19)15-8-6-7-9-17(15)20-5-2/h6-9,14,16,18H,4-5,10-13H2,1-3H3. The van der Waals surface area contributed by atoms with Crippen LogP contribution in [0.5, 0.6) is 5.75 Å². The lowest BCUT2D eigenvalue weighted by Gasteiger charge is -2.34. The molecule has 0 amide bonds. The van der Waals surface area contributed by atoms with E-state index in [4.69, 9.17) is 9.47 Å². The van der Waals surface area contributed by atoms with Crippen molar-refractivity contribution in [3.63, 3.8) is 0 Å². The van der Waals surface area contributed by atoms with E-state index < -0.39 is 0 Å². The highest BCUT2D eigenvalue weighted by Gasteiger charge is 2.22. The average molecular weight is 292 g/mol. The number of rotatable bonds is 7. The van der Waals surface area contributed by atoms with Gasteiger partial charge in [-0.3, -0.25) is 4.90 Å². The molecule has 1 N–H and O–H groups in total. The van der Waals surface area contributed by atoms with Crippen LogP contribution < -0.4 is 10.1 Å². The number of nitrogens with one attached hydrogen (secondary N) is 1. The lowest BCUT2D eigenvalue weighted by atomic mass is 10.0. The molecule has 0 bridgehead atoms. The van der Waals surface area contributed by atoms with Gasteiger partial charge in [0.05, 0.1) is 19.3 Å². The molecule has 0 aromatic heterocycles. The summed E-state index contributed by atoms with van der Waals surface area (Å²) in [6.45, 7) is 11.8. The van der Waals surface area contributed by atoms with Crippen molar-refractivity contribution in [3.05, 3.63) is 29.8 Å². The second-order valence-corrected chi connectivity index (χ2v) is 5.52. The Morgan fingerprint density at radius 1 is 1.38 bits per heavy atom. The predicted molar refractivity (Wildman–Crippen MR) is 85.9 cm³/mol. The van der Waals surface area contributed by atoms with E-state index in [-0.39, 0.29) is 0 Å². The zero-order valence-corrected chi connectivity index (χ0v) is 13.5. The van der Waals surface area contributed by atoms with Gasteiger partial charge in [0, 0.05) is 31.2 Å². The number of hydrogen-bond acceptors (Lipinski definition) is 4. The second-order valence-electron chi connectivity index (χ2n) is 5.52. The SMILES string of the molecule is CCNC(CN1CCOC(C)C1)c1ccccc1OCC. The maximum Gasteiger partial charge on any atom is 0.124 e. The van der Waals surface area contributed by atoms with Crippen molar-refractivity contribution in [3.8, 4) is 5.75 Å². The molecule has 0 aliphatic carbocycles. The second kappa shape index (κ2) is 8.37. The minimum atomic E-state index is 0.294. The molecular weight excluding hydrogens is 264 g/mol. The molecule has 1 saturated heterocycles. The zero-order valence-electron chi connectivity index (χ0n) is 13.5. The van der Waals surface area contributed by atoms with Crippen molar-refractivity contribution in [2.75, 3.05) is 39.4 Å². The highest BCUT2D eigenvalue weighted by molar-refractivity contribution is 5.36. The first-order valence-electron chi connectivity index (χ1n) is 8.03. The van der Waals surface area contributed by atoms with E-state index in [0.29, 0.717) is 18.8 Å². The highest BCUT2D eigenvalue weighted by atomic mass is 16.5. The van der Waals surface area contributed by atoms with Gasteiger partial charge in [-0.1, -0.05) is 25.1 Å². The van der Waals surface area contributed by atoms with Gasteiger partial charge in [0.15, 0.2) is 0 Å². The van der Waals surface area contributed by atoms with Crippen LogP contribution in [0.2, 0.25) is 0 Å². The van der Waals surface area contributed by atoms with Crippen molar-refractivity contribution in [1.29, 1.82) is 0 Å². The monoisotopic (exact) mass is 292 g/mol. The summed E-state index contributed by atoms with van der Waals surface area (Å²) in [7, 11) is 0. The molecule has 1 aliphatic heterocycles. The number of benzene rings is 1. The number of ether oxygens (including phenoxy) is 2. The molecule has 0 spiro atoms. The van der Waals surface area contributed by atoms with Crippen LogP contribution in [0.25, 0.3) is 0 Å². The molecule has 1 fully saturated rings. The molecule has 0 radical (unpaired) electrons. The topological polar surface area (TPSA) is 33.7 Å². The summed E-state index contributed by atoms with van der Waals surface area (Å²) >= 11 is 0. The van der Waals surface area contributed by atoms with Gasteiger partial charge >= 0.3 is 0 Å². The Morgan fingerprint density at radius 2 is 2.19 bits per heavy atom. The molecule has 21 heavy (non-hydrogen) atoms. The number of likely N-dealkylation sites (N-methyl/N-ethyl adjacent to an activating group) is 1. The van der Waals surface area contributed by atoms with Gasteiger partial charge in [-0.15, -0.1) is 0 Å². The van der Waals surface area contributed by atoms with Crippen LogP contribution >= 0.6 is 0 Å². The number of nitrogens with zero attached hydrogens (tertiary/aromatic N) is 1. The summed E-state index contributed by atoms with van der Waals surface area (Å²) in [6, 6.07) is 8.65. The first kappa shape index (κ1) is 16.3. The number of hydrogen-bond donors (Lipinski definition) is 1. The molecule has 1 aromatic carbocycles. The van der Waals surface area contributed by atoms with Crippen LogP contribution in [-0.4, -0.2) is 50.4 Å². The van der Waals surface area contributed by atoms with E-state index in [1.807, 2.05) is 13.0 Å². The summed E-state index contributed by atoms with van der Waals surface area (Å²) in [6.07, 6.45) is 0.322. The Labute approximate surface area is 128 Å². The summed E-state index contributed by atoms with van der Waals surface area (Å²) in [5, 5.41) is 3.60. The summed E-state index contributed by atoms with van der Waals surface area (Å²) < 4.78 is 11.4. The van der Waals surface area contributed by atoms with Crippen molar-refractivity contribution < 1.29 is 9.47 Å². The number of morpholine rings is 1. The van der Waals surface area contributed by atoms with E-state index in [1.165, 1.54) is 5.56 Å². The minimum absolute atomic E-state index is 0.294. The van der Waals surface area contributed by atoms with Crippen LogP contribution in [0.3, 0.4) is 0 Å². The first-order valence-corrected chi connectivity index (χ1v) is 8.03. The molecule has 1 heterocycles. The maximum atomic E-state index is 5.79. The smallest absolute Gasteiger partial charge is 0.124 e. The van der Waals surface area contributed by atoms with Gasteiger partial charge in [-0.25, -0.2) is 0 Å². The Bertz CT molecular complexity index is 425. The van der Waals surface area contributed by atoms with Gasteiger partial charge in [-0.05, 0) is 26.5 Å². The summed E-state index contributed by atoms with van der Waals surface area (Å²) in [4.78, 5) is 2.48. The zero-order chi connectivity index (χ0) is 15.1. The van der Waals surface area contributed by atoms with Crippen LogP contribution in [0.15, 0.2) is 24.3 Å². The average Bonchev–Trinajstić information content (AvgIpc) is 2.48. The Morgan fingerprint density at radius 3 is 2.90 bits per heavy atom. The third-order valence-electron chi connectivity index (χ3n) is 3.81. The third kappa shape index (κ3) is 4.70. The fourth-order valence-corrected chi connectivity index (χ4v) is 2.89. The van der Waals surface area contributed by atoms with E-state index in [9.17, 15) is 0 Å². The quantitative estimate of drug-likeness (QED) is 0.837. The lowest BCUT2D eigenvalue weighted by molar-refractivity contribution is -0.0211. The lowest BCUT2D eigenvalue weighted by Crippen LogP contribution is -2.45. The van der Waals surface area contributed by atoms with Gasteiger partial charge in [-0.2, -0.15) is 0 Å². The molecule has 4 nitrogen and oxygen atoms in total. The molecule has 0 saturated carbocycles. The van der Waals surface area contributed by atoms with E-state index >= 15 is 0 Å². The fourth-order valence-electron chi connectivity index (χ4n) is 2.89. The third-order valence-corrected chi connectivity index (χ3v) is 3.81. The normalized spacial score (nSPS) is 21.2. The first-order chi connectivity index (χ1) is 10.2. The minimum Gasteiger partial charge on any atom is -0.494 e. The highest BCUT2D eigenvalue weighted by Crippen LogP contribution is 2.26. The van der Waals surface area contributed by atoms with Crippen LogP contribution in [0.4, 0.5) is 0 Å². The van der Waals surface area contributed by atoms with E-state index in [1.54, 1.807) is 0 Å². The Kier molecular flexibility index (Phi) is 6.49. The van der Waals surface area contributed by atoms with Crippen LogP contribution in [0.1, 0.15) is 32.4 Å². The van der Waals surface area contributed by atoms with Crippen LogP contribution in [0, 0.1) is 0 Å². The summed E-state index contributed by atoms with van der Waals surface area (Å²) in [5.74, 6) is 0.993. The van der Waals surface area contributed by atoms with Gasteiger partial charge in [0.2, 0.25) is 0 Å². The van der Waals surface area contributed by atoms with Gasteiger partial charge in [0.1, 0.15) is 5.75 Å². The predicted octanol–water partition coefficient (Wildman–Crippen LogP) is 2.46. The molecular formula is C17H28N2O2. The van der Waals surface area contributed by atoms with Crippen molar-refractivity contribution in [2.24, 2.45) is 0 Å². The Hall–Kier alpha value is -1.10.